The fourth-order valence-corrected chi connectivity index (χ4v) is 3.77. The highest BCUT2D eigenvalue weighted by atomic mass is 32.2. The summed E-state index contributed by atoms with van der Waals surface area (Å²) in [4.78, 5) is 16.0. The average Bonchev–Trinajstić information content (AvgIpc) is 3.00. The van der Waals surface area contributed by atoms with E-state index >= 15 is 0 Å². The van der Waals surface area contributed by atoms with Crippen LogP contribution in [0.2, 0.25) is 0 Å². The molecule has 5 heteroatoms. The van der Waals surface area contributed by atoms with E-state index in [1.807, 2.05) is 25.9 Å². The van der Waals surface area contributed by atoms with Gasteiger partial charge in [0.15, 0.2) is 0 Å². The molecule has 4 nitrogen and oxygen atoms in total. The second-order valence-electron chi connectivity index (χ2n) is 5.37. The van der Waals surface area contributed by atoms with E-state index in [0.717, 1.165) is 25.3 Å². The molecule has 18 heavy (non-hydrogen) atoms. The van der Waals surface area contributed by atoms with E-state index in [1.165, 1.54) is 18.6 Å². The van der Waals surface area contributed by atoms with Crippen LogP contribution in [0, 0.1) is 0 Å². The van der Waals surface area contributed by atoms with Crippen molar-refractivity contribution in [2.24, 2.45) is 0 Å². The second kappa shape index (κ2) is 6.78. The highest BCUT2D eigenvalue weighted by molar-refractivity contribution is 7.99. The van der Waals surface area contributed by atoms with E-state index in [4.69, 9.17) is 4.74 Å². The fourth-order valence-electron chi connectivity index (χ4n) is 2.52. The molecule has 0 aromatic carbocycles. The monoisotopic (exact) mass is 272 g/mol. The summed E-state index contributed by atoms with van der Waals surface area (Å²) in [7, 11) is 3.66. The van der Waals surface area contributed by atoms with Gasteiger partial charge in [0.2, 0.25) is 5.91 Å². The first-order valence-electron chi connectivity index (χ1n) is 6.80. The molecule has 2 aliphatic heterocycles. The lowest BCUT2D eigenvalue weighted by Crippen LogP contribution is -2.46. The SMILES string of the molecule is CN(C)C(=O)CN(C[C@@H]1CCCO1)[C@H]1CCSC1. The van der Waals surface area contributed by atoms with E-state index in [0.29, 0.717) is 18.7 Å². The van der Waals surface area contributed by atoms with Crippen LogP contribution in [0.1, 0.15) is 19.3 Å². The predicted molar refractivity (Wildman–Crippen MR) is 75.0 cm³/mol. The van der Waals surface area contributed by atoms with Gasteiger partial charge in [-0.3, -0.25) is 9.69 Å². The lowest BCUT2D eigenvalue weighted by molar-refractivity contribution is -0.130. The molecule has 104 valence electrons. The second-order valence-corrected chi connectivity index (χ2v) is 6.52. The molecule has 0 aromatic heterocycles. The van der Waals surface area contributed by atoms with Crippen molar-refractivity contribution < 1.29 is 9.53 Å². The standard InChI is InChI=1S/C13H24N2O2S/c1-14(2)13(16)9-15(11-5-7-18-10-11)8-12-4-3-6-17-12/h11-12H,3-10H2,1-2H3/t11-,12-/m0/s1. The van der Waals surface area contributed by atoms with Crippen molar-refractivity contribution in [1.29, 1.82) is 0 Å². The summed E-state index contributed by atoms with van der Waals surface area (Å²) in [6.07, 6.45) is 3.86. The Balaban J connectivity index is 1.90. The van der Waals surface area contributed by atoms with Crippen LogP contribution in [0.5, 0.6) is 0 Å². The van der Waals surface area contributed by atoms with Gasteiger partial charge in [-0.05, 0) is 25.0 Å². The molecule has 2 saturated heterocycles. The van der Waals surface area contributed by atoms with Crippen molar-refractivity contribution in [3.8, 4) is 0 Å². The van der Waals surface area contributed by atoms with Gasteiger partial charge in [0.1, 0.15) is 0 Å². The molecule has 0 unspecified atom stereocenters. The average molecular weight is 272 g/mol. The summed E-state index contributed by atoms with van der Waals surface area (Å²) in [5.41, 5.74) is 0. The number of carbonyl (C=O) groups excluding carboxylic acids is 1. The molecule has 1 amide bonds. The molecule has 2 atom stereocenters. The molecule has 0 aliphatic carbocycles. The molecule has 2 fully saturated rings. The first-order chi connectivity index (χ1) is 8.66. The largest absolute Gasteiger partial charge is 0.377 e. The van der Waals surface area contributed by atoms with Gasteiger partial charge in [0.25, 0.3) is 0 Å². The third-order valence-electron chi connectivity index (χ3n) is 3.72. The summed E-state index contributed by atoms with van der Waals surface area (Å²) in [5.74, 6) is 2.58. The number of carbonyl (C=O) groups is 1. The normalized spacial score (nSPS) is 27.9. The molecule has 0 bridgehead atoms. The van der Waals surface area contributed by atoms with Crippen molar-refractivity contribution in [2.45, 2.75) is 31.4 Å². The summed E-state index contributed by atoms with van der Waals surface area (Å²) < 4.78 is 5.71. The molecule has 2 rings (SSSR count). The minimum Gasteiger partial charge on any atom is -0.377 e. The van der Waals surface area contributed by atoms with Gasteiger partial charge in [-0.2, -0.15) is 11.8 Å². The van der Waals surface area contributed by atoms with E-state index < -0.39 is 0 Å². The van der Waals surface area contributed by atoms with Crippen molar-refractivity contribution in [1.82, 2.24) is 9.80 Å². The number of amides is 1. The quantitative estimate of drug-likeness (QED) is 0.749. The zero-order chi connectivity index (χ0) is 13.0. The van der Waals surface area contributed by atoms with Crippen LogP contribution in [0.25, 0.3) is 0 Å². The summed E-state index contributed by atoms with van der Waals surface area (Å²) in [5, 5.41) is 0. The highest BCUT2D eigenvalue weighted by Gasteiger charge is 2.28. The lowest BCUT2D eigenvalue weighted by Gasteiger charge is -2.30. The Morgan fingerprint density at radius 3 is 2.78 bits per heavy atom. The molecule has 0 radical (unpaired) electrons. The fraction of sp³-hybridized carbons (Fsp3) is 0.923. The molecule has 2 aliphatic rings. The number of thioether (sulfide) groups is 1. The third-order valence-corrected chi connectivity index (χ3v) is 4.87. The zero-order valence-corrected chi connectivity index (χ0v) is 12.2. The molecular weight excluding hydrogens is 248 g/mol. The molecule has 0 spiro atoms. The van der Waals surface area contributed by atoms with E-state index in [9.17, 15) is 4.79 Å². The Bertz CT molecular complexity index is 274. The first-order valence-corrected chi connectivity index (χ1v) is 7.96. The Kier molecular flexibility index (Phi) is 5.33. The van der Waals surface area contributed by atoms with Gasteiger partial charge in [-0.1, -0.05) is 0 Å². The van der Waals surface area contributed by atoms with E-state index in [2.05, 4.69) is 4.90 Å². The first kappa shape index (κ1) is 14.2. The van der Waals surface area contributed by atoms with Crippen molar-refractivity contribution >= 4 is 17.7 Å². The number of hydrogen-bond donors (Lipinski definition) is 0. The maximum absolute atomic E-state index is 11.9. The highest BCUT2D eigenvalue weighted by Crippen LogP contribution is 2.24. The van der Waals surface area contributed by atoms with Gasteiger partial charge >= 0.3 is 0 Å². The predicted octanol–water partition coefficient (Wildman–Crippen LogP) is 1.06. The molecule has 0 saturated carbocycles. The lowest BCUT2D eigenvalue weighted by atomic mass is 10.1. The van der Waals surface area contributed by atoms with Crippen LogP contribution in [0.4, 0.5) is 0 Å². The maximum Gasteiger partial charge on any atom is 0.236 e. The van der Waals surface area contributed by atoms with Crippen LogP contribution in [-0.2, 0) is 9.53 Å². The zero-order valence-electron chi connectivity index (χ0n) is 11.4. The Labute approximate surface area is 114 Å². The van der Waals surface area contributed by atoms with Gasteiger partial charge in [-0.15, -0.1) is 0 Å². The Hall–Kier alpha value is -0.260. The van der Waals surface area contributed by atoms with Crippen molar-refractivity contribution in [2.75, 3.05) is 45.3 Å². The van der Waals surface area contributed by atoms with Crippen molar-refractivity contribution in [3.63, 3.8) is 0 Å². The van der Waals surface area contributed by atoms with Crippen LogP contribution < -0.4 is 0 Å². The Morgan fingerprint density at radius 1 is 1.39 bits per heavy atom. The number of hydrogen-bond acceptors (Lipinski definition) is 4. The topological polar surface area (TPSA) is 32.8 Å². The van der Waals surface area contributed by atoms with Crippen molar-refractivity contribution in [3.05, 3.63) is 0 Å². The molecule has 0 aromatic rings. The number of likely N-dealkylation sites (N-methyl/N-ethyl adjacent to an activating group) is 1. The van der Waals surface area contributed by atoms with Crippen LogP contribution in [0.3, 0.4) is 0 Å². The molecule has 2 heterocycles. The summed E-state index contributed by atoms with van der Waals surface area (Å²) in [6, 6.07) is 0.558. The molecular formula is C13H24N2O2S. The van der Waals surface area contributed by atoms with E-state index in [-0.39, 0.29) is 5.91 Å². The number of nitrogens with zero attached hydrogens (tertiary/aromatic N) is 2. The molecule has 0 N–H and O–H groups in total. The van der Waals surface area contributed by atoms with Gasteiger partial charge in [-0.25, -0.2) is 0 Å². The summed E-state index contributed by atoms with van der Waals surface area (Å²) >= 11 is 2.00. The smallest absolute Gasteiger partial charge is 0.236 e. The number of rotatable bonds is 5. The van der Waals surface area contributed by atoms with Gasteiger partial charge in [0.05, 0.1) is 12.6 Å². The maximum atomic E-state index is 11.9. The minimum atomic E-state index is 0.199. The van der Waals surface area contributed by atoms with E-state index in [1.54, 1.807) is 4.90 Å². The number of ether oxygens (including phenoxy) is 1. The third kappa shape index (κ3) is 3.87. The minimum absolute atomic E-state index is 0.199. The van der Waals surface area contributed by atoms with Crippen LogP contribution in [0.15, 0.2) is 0 Å². The Morgan fingerprint density at radius 2 is 2.22 bits per heavy atom. The van der Waals surface area contributed by atoms with Crippen LogP contribution in [-0.4, -0.2) is 73.2 Å². The van der Waals surface area contributed by atoms with Gasteiger partial charge in [0, 0.05) is 39.0 Å². The van der Waals surface area contributed by atoms with Gasteiger partial charge < -0.3 is 9.64 Å². The van der Waals surface area contributed by atoms with Crippen LogP contribution >= 0.6 is 11.8 Å². The summed E-state index contributed by atoms with van der Waals surface area (Å²) in [6.45, 7) is 2.35.